The fourth-order valence-electron chi connectivity index (χ4n) is 3.26. The van der Waals surface area contributed by atoms with Crippen LogP contribution < -0.4 is 15.0 Å². The SMILES string of the molecule is CC(=O)c1cccc(NC(=O)N2CCOc3nc(-c4ccc(C(=O)O)cc4)ccc32)c1. The topological polar surface area (TPSA) is 109 Å². The lowest BCUT2D eigenvalue weighted by atomic mass is 10.1. The Morgan fingerprint density at radius 3 is 2.52 bits per heavy atom. The van der Waals surface area contributed by atoms with Crippen molar-refractivity contribution in [2.45, 2.75) is 6.92 Å². The van der Waals surface area contributed by atoms with Crippen LogP contribution in [-0.4, -0.2) is 41.0 Å². The first-order valence-electron chi connectivity index (χ1n) is 9.59. The number of carbonyl (C=O) groups excluding carboxylic acids is 2. The van der Waals surface area contributed by atoms with Crippen molar-refractivity contribution in [2.75, 3.05) is 23.4 Å². The van der Waals surface area contributed by atoms with Gasteiger partial charge in [0.05, 0.1) is 17.8 Å². The first kappa shape index (κ1) is 20.1. The Kier molecular flexibility index (Phi) is 5.36. The van der Waals surface area contributed by atoms with Gasteiger partial charge in [0.25, 0.3) is 0 Å². The Balaban J connectivity index is 1.56. The number of carboxylic acids is 1. The number of ketones is 1. The van der Waals surface area contributed by atoms with Crippen LogP contribution in [0.25, 0.3) is 11.3 Å². The summed E-state index contributed by atoms with van der Waals surface area (Å²) in [5.74, 6) is -0.761. The predicted octanol–water partition coefficient (Wildman–Crippen LogP) is 4.08. The molecule has 8 nitrogen and oxygen atoms in total. The van der Waals surface area contributed by atoms with Crippen molar-refractivity contribution in [1.82, 2.24) is 4.98 Å². The van der Waals surface area contributed by atoms with E-state index in [4.69, 9.17) is 9.84 Å². The Bertz CT molecular complexity index is 1170. The second kappa shape index (κ2) is 8.27. The van der Waals surface area contributed by atoms with Crippen LogP contribution >= 0.6 is 0 Å². The fraction of sp³-hybridized carbons (Fsp3) is 0.130. The molecule has 0 bridgehead atoms. The third-order valence-electron chi connectivity index (χ3n) is 4.88. The molecule has 0 radical (unpaired) electrons. The highest BCUT2D eigenvalue weighted by molar-refractivity contribution is 6.04. The van der Waals surface area contributed by atoms with E-state index in [1.165, 1.54) is 24.0 Å². The highest BCUT2D eigenvalue weighted by Crippen LogP contribution is 2.33. The van der Waals surface area contributed by atoms with Crippen LogP contribution in [0.5, 0.6) is 5.88 Å². The molecule has 0 atom stereocenters. The van der Waals surface area contributed by atoms with E-state index in [0.717, 1.165) is 5.56 Å². The number of rotatable bonds is 4. The lowest BCUT2D eigenvalue weighted by molar-refractivity contribution is 0.0696. The molecule has 1 aliphatic rings. The molecule has 4 rings (SSSR count). The molecule has 2 N–H and O–H groups in total. The molecular weight excluding hydrogens is 398 g/mol. The van der Waals surface area contributed by atoms with Crippen LogP contribution in [0.1, 0.15) is 27.6 Å². The Hall–Kier alpha value is -4.20. The molecule has 8 heteroatoms. The Labute approximate surface area is 178 Å². The van der Waals surface area contributed by atoms with E-state index < -0.39 is 5.97 Å². The van der Waals surface area contributed by atoms with Crippen molar-refractivity contribution in [1.29, 1.82) is 0 Å². The number of nitrogens with one attached hydrogen (secondary N) is 1. The molecule has 0 spiro atoms. The summed E-state index contributed by atoms with van der Waals surface area (Å²) in [7, 11) is 0. The van der Waals surface area contributed by atoms with Gasteiger partial charge < -0.3 is 15.2 Å². The number of carboxylic acid groups (broad SMARTS) is 1. The molecule has 2 amide bonds. The summed E-state index contributed by atoms with van der Waals surface area (Å²) in [6.07, 6.45) is 0. The number of nitrogens with zero attached hydrogens (tertiary/aromatic N) is 2. The molecule has 156 valence electrons. The molecule has 2 heterocycles. The van der Waals surface area contributed by atoms with Crippen molar-refractivity contribution in [3.63, 3.8) is 0 Å². The number of hydrogen-bond acceptors (Lipinski definition) is 5. The van der Waals surface area contributed by atoms with Gasteiger partial charge in [-0.25, -0.2) is 14.6 Å². The number of benzene rings is 2. The van der Waals surface area contributed by atoms with Crippen LogP contribution in [-0.2, 0) is 0 Å². The number of fused-ring (bicyclic) bond motifs is 1. The maximum Gasteiger partial charge on any atom is 0.335 e. The smallest absolute Gasteiger partial charge is 0.335 e. The zero-order valence-electron chi connectivity index (χ0n) is 16.7. The van der Waals surface area contributed by atoms with E-state index in [1.807, 2.05) is 0 Å². The van der Waals surface area contributed by atoms with Gasteiger partial charge in [0.1, 0.15) is 12.3 Å². The highest BCUT2D eigenvalue weighted by Gasteiger charge is 2.25. The van der Waals surface area contributed by atoms with Gasteiger partial charge in [-0.3, -0.25) is 9.69 Å². The van der Waals surface area contributed by atoms with Crippen molar-refractivity contribution >= 4 is 29.2 Å². The largest absolute Gasteiger partial charge is 0.478 e. The third kappa shape index (κ3) is 4.23. The average molecular weight is 417 g/mol. The second-order valence-corrected chi connectivity index (χ2v) is 6.97. The van der Waals surface area contributed by atoms with Gasteiger partial charge in [0, 0.05) is 16.8 Å². The second-order valence-electron chi connectivity index (χ2n) is 6.97. The molecule has 31 heavy (non-hydrogen) atoms. The van der Waals surface area contributed by atoms with Crippen LogP contribution in [0.15, 0.2) is 60.7 Å². The number of amides is 2. The number of carbonyl (C=O) groups is 3. The van der Waals surface area contributed by atoms with E-state index >= 15 is 0 Å². The molecule has 0 aliphatic carbocycles. The first-order valence-corrected chi connectivity index (χ1v) is 9.59. The summed E-state index contributed by atoms with van der Waals surface area (Å²) in [5, 5.41) is 11.8. The molecule has 0 fully saturated rings. The maximum absolute atomic E-state index is 12.9. The van der Waals surface area contributed by atoms with Gasteiger partial charge in [-0.15, -0.1) is 0 Å². The van der Waals surface area contributed by atoms with Gasteiger partial charge in [-0.1, -0.05) is 24.3 Å². The number of hydrogen-bond donors (Lipinski definition) is 2. The zero-order valence-corrected chi connectivity index (χ0v) is 16.7. The maximum atomic E-state index is 12.9. The number of ether oxygens (including phenoxy) is 1. The number of anilines is 2. The van der Waals surface area contributed by atoms with Gasteiger partial charge in [-0.2, -0.15) is 0 Å². The molecule has 0 unspecified atom stereocenters. The van der Waals surface area contributed by atoms with E-state index in [2.05, 4.69) is 10.3 Å². The number of aromatic nitrogens is 1. The zero-order chi connectivity index (χ0) is 22.0. The van der Waals surface area contributed by atoms with Crippen LogP contribution in [0.4, 0.5) is 16.2 Å². The van der Waals surface area contributed by atoms with Crippen LogP contribution in [0.3, 0.4) is 0 Å². The van der Waals surface area contributed by atoms with Crippen molar-refractivity contribution in [2.24, 2.45) is 0 Å². The number of aromatic carboxylic acids is 1. The fourth-order valence-corrected chi connectivity index (χ4v) is 3.26. The quantitative estimate of drug-likeness (QED) is 0.619. The Morgan fingerprint density at radius 1 is 1.03 bits per heavy atom. The van der Waals surface area contributed by atoms with E-state index in [-0.39, 0.29) is 24.0 Å². The minimum Gasteiger partial charge on any atom is -0.478 e. The summed E-state index contributed by atoms with van der Waals surface area (Å²) >= 11 is 0. The van der Waals surface area contributed by atoms with Crippen molar-refractivity contribution in [3.05, 3.63) is 71.8 Å². The Morgan fingerprint density at radius 2 is 1.81 bits per heavy atom. The molecule has 0 saturated carbocycles. The molecule has 2 aromatic carbocycles. The summed E-state index contributed by atoms with van der Waals surface area (Å²) in [4.78, 5) is 41.5. The van der Waals surface area contributed by atoms with Gasteiger partial charge in [0.15, 0.2) is 5.78 Å². The standard InChI is InChI=1S/C23H19N3O5/c1-14(27)17-3-2-4-18(13-17)24-23(30)26-11-12-31-21-20(26)10-9-19(25-21)15-5-7-16(8-6-15)22(28)29/h2-10,13H,11-12H2,1H3,(H,24,30)(H,28,29). The lowest BCUT2D eigenvalue weighted by Gasteiger charge is -2.29. The normalized spacial score (nSPS) is 12.5. The molecule has 0 saturated heterocycles. The number of pyridine rings is 1. The van der Waals surface area contributed by atoms with Crippen LogP contribution in [0, 0.1) is 0 Å². The monoisotopic (exact) mass is 417 g/mol. The summed E-state index contributed by atoms with van der Waals surface area (Å²) in [6, 6.07) is 16.2. The number of urea groups is 1. The van der Waals surface area contributed by atoms with Crippen LogP contribution in [0.2, 0.25) is 0 Å². The van der Waals surface area contributed by atoms with Crippen molar-refractivity contribution < 1.29 is 24.2 Å². The minimum absolute atomic E-state index is 0.0825. The van der Waals surface area contributed by atoms with Gasteiger partial charge in [0.2, 0.25) is 5.88 Å². The van der Waals surface area contributed by atoms with E-state index in [9.17, 15) is 14.4 Å². The van der Waals surface area contributed by atoms with Crippen molar-refractivity contribution in [3.8, 4) is 17.1 Å². The summed E-state index contributed by atoms with van der Waals surface area (Å²) in [6.45, 7) is 2.10. The van der Waals surface area contributed by atoms with E-state index in [0.29, 0.717) is 35.1 Å². The predicted molar refractivity (Wildman–Crippen MR) is 115 cm³/mol. The molecule has 1 aliphatic heterocycles. The molecule has 1 aromatic heterocycles. The summed E-state index contributed by atoms with van der Waals surface area (Å²) in [5.41, 5.74) is 3.09. The van der Waals surface area contributed by atoms with Gasteiger partial charge >= 0.3 is 12.0 Å². The molecular formula is C23H19N3O5. The number of Topliss-reactive ketones (excluding diaryl/α,β-unsaturated/α-hetero) is 1. The summed E-state index contributed by atoms with van der Waals surface area (Å²) < 4.78 is 5.66. The highest BCUT2D eigenvalue weighted by atomic mass is 16.5. The minimum atomic E-state index is -0.997. The third-order valence-corrected chi connectivity index (χ3v) is 4.88. The average Bonchev–Trinajstić information content (AvgIpc) is 2.78. The molecule has 3 aromatic rings. The lowest BCUT2D eigenvalue weighted by Crippen LogP contribution is -2.41. The van der Waals surface area contributed by atoms with E-state index in [1.54, 1.807) is 48.5 Å². The van der Waals surface area contributed by atoms with Gasteiger partial charge in [-0.05, 0) is 43.3 Å². The first-order chi connectivity index (χ1) is 14.9.